The number of nitrogens with one attached hydrogen (secondary N) is 1. The van der Waals surface area contributed by atoms with Crippen LogP contribution in [-0.2, 0) is 6.42 Å². The largest absolute Gasteiger partial charge is 0.310 e. The Labute approximate surface area is 134 Å². The molecule has 0 fully saturated rings. The minimum absolute atomic E-state index is 0.263. The predicted octanol–water partition coefficient (Wildman–Crippen LogP) is 5.65. The fraction of sp³-hybridized carbons (Fsp3) is 0.375. The van der Waals surface area contributed by atoms with E-state index in [0.717, 1.165) is 35.0 Å². The Morgan fingerprint density at radius 2 is 1.90 bits per heavy atom. The summed E-state index contributed by atoms with van der Waals surface area (Å²) in [4.78, 5) is 0. The van der Waals surface area contributed by atoms with Gasteiger partial charge in [-0.25, -0.2) is 0 Å². The van der Waals surface area contributed by atoms with Crippen molar-refractivity contribution in [1.29, 1.82) is 0 Å². The Morgan fingerprint density at radius 3 is 2.45 bits per heavy atom. The lowest BCUT2D eigenvalue weighted by Crippen LogP contribution is -2.24. The van der Waals surface area contributed by atoms with Crippen LogP contribution in [0.25, 0.3) is 0 Å². The lowest BCUT2D eigenvalue weighted by molar-refractivity contribution is 0.529. The van der Waals surface area contributed by atoms with Gasteiger partial charge in [0.05, 0.1) is 0 Å². The average Bonchev–Trinajstić information content (AvgIpc) is 2.84. The Hall–Kier alpha value is -0.540. The third-order valence-corrected chi connectivity index (χ3v) is 4.97. The maximum atomic E-state index is 6.30. The van der Waals surface area contributed by atoms with Gasteiger partial charge >= 0.3 is 0 Å². The highest BCUT2D eigenvalue weighted by molar-refractivity contribution is 7.08. The summed E-state index contributed by atoms with van der Waals surface area (Å²) in [7, 11) is 0. The standard InChI is InChI=1S/C16H19Cl2NS/c1-3-7-19-16(13-10-20-9-11(13)2)8-12-14(17)5-4-6-15(12)18/h4-6,9-10,16,19H,3,7-8H2,1-2H3. The highest BCUT2D eigenvalue weighted by Crippen LogP contribution is 2.31. The molecule has 1 heterocycles. The molecule has 20 heavy (non-hydrogen) atoms. The minimum Gasteiger partial charge on any atom is -0.310 e. The molecule has 0 saturated heterocycles. The lowest BCUT2D eigenvalue weighted by Gasteiger charge is -2.20. The normalized spacial score (nSPS) is 12.6. The number of hydrogen-bond acceptors (Lipinski definition) is 2. The van der Waals surface area contributed by atoms with E-state index in [9.17, 15) is 0 Å². The van der Waals surface area contributed by atoms with Gasteiger partial charge in [-0.1, -0.05) is 36.2 Å². The smallest absolute Gasteiger partial charge is 0.0453 e. The number of thiophene rings is 1. The predicted molar refractivity (Wildman–Crippen MR) is 90.3 cm³/mol. The number of hydrogen-bond donors (Lipinski definition) is 1. The molecular formula is C16H19Cl2NS. The molecule has 4 heteroatoms. The highest BCUT2D eigenvalue weighted by atomic mass is 35.5. The van der Waals surface area contributed by atoms with Crippen LogP contribution in [0.4, 0.5) is 0 Å². The molecule has 0 bridgehead atoms. The summed E-state index contributed by atoms with van der Waals surface area (Å²) in [6.07, 6.45) is 1.92. The molecule has 0 saturated carbocycles. The maximum absolute atomic E-state index is 6.30. The Kier molecular flexibility index (Phi) is 5.91. The van der Waals surface area contributed by atoms with Crippen molar-refractivity contribution in [3.63, 3.8) is 0 Å². The molecule has 0 amide bonds. The van der Waals surface area contributed by atoms with Crippen molar-refractivity contribution >= 4 is 34.5 Å². The second kappa shape index (κ2) is 7.46. The zero-order chi connectivity index (χ0) is 14.5. The SMILES string of the molecule is CCCNC(Cc1c(Cl)cccc1Cl)c1cscc1C. The molecule has 0 aliphatic carbocycles. The summed E-state index contributed by atoms with van der Waals surface area (Å²) in [5.74, 6) is 0. The summed E-state index contributed by atoms with van der Waals surface area (Å²) in [6.45, 7) is 5.32. The summed E-state index contributed by atoms with van der Waals surface area (Å²) >= 11 is 14.3. The summed E-state index contributed by atoms with van der Waals surface area (Å²) in [5.41, 5.74) is 3.70. The molecule has 108 valence electrons. The molecule has 1 unspecified atom stereocenters. The van der Waals surface area contributed by atoms with Crippen LogP contribution in [0.3, 0.4) is 0 Å². The third kappa shape index (κ3) is 3.76. The molecule has 2 aromatic rings. The van der Waals surface area contributed by atoms with Crippen LogP contribution in [0.2, 0.25) is 10.0 Å². The summed E-state index contributed by atoms with van der Waals surface area (Å²) in [6, 6.07) is 5.96. The third-order valence-electron chi connectivity index (χ3n) is 3.38. The van der Waals surface area contributed by atoms with Crippen LogP contribution >= 0.6 is 34.5 Å². The van der Waals surface area contributed by atoms with Crippen molar-refractivity contribution in [3.05, 3.63) is 55.7 Å². The Bertz CT molecular complexity index is 545. The highest BCUT2D eigenvalue weighted by Gasteiger charge is 2.17. The first kappa shape index (κ1) is 15.8. The van der Waals surface area contributed by atoms with E-state index < -0.39 is 0 Å². The Morgan fingerprint density at radius 1 is 1.20 bits per heavy atom. The van der Waals surface area contributed by atoms with E-state index in [1.165, 1.54) is 11.1 Å². The first-order valence-corrected chi connectivity index (χ1v) is 8.52. The first-order chi connectivity index (χ1) is 9.63. The van der Waals surface area contributed by atoms with Gasteiger partial charge in [0.15, 0.2) is 0 Å². The fourth-order valence-corrected chi connectivity index (χ4v) is 3.73. The zero-order valence-corrected chi connectivity index (χ0v) is 14.1. The van der Waals surface area contributed by atoms with Crippen LogP contribution < -0.4 is 5.32 Å². The molecule has 1 N–H and O–H groups in total. The van der Waals surface area contributed by atoms with Crippen LogP contribution in [0, 0.1) is 6.92 Å². The van der Waals surface area contributed by atoms with E-state index in [4.69, 9.17) is 23.2 Å². The van der Waals surface area contributed by atoms with Gasteiger partial charge in [0.2, 0.25) is 0 Å². The molecule has 1 aromatic heterocycles. The van der Waals surface area contributed by atoms with Crippen LogP contribution in [0.1, 0.15) is 36.1 Å². The van der Waals surface area contributed by atoms with Gasteiger partial charge in [0.1, 0.15) is 0 Å². The quantitative estimate of drug-likeness (QED) is 0.723. The Balaban J connectivity index is 2.26. The van der Waals surface area contributed by atoms with Gasteiger partial charge in [-0.3, -0.25) is 0 Å². The number of benzene rings is 1. The molecule has 0 radical (unpaired) electrons. The zero-order valence-electron chi connectivity index (χ0n) is 11.7. The van der Waals surface area contributed by atoms with Crippen molar-refractivity contribution in [1.82, 2.24) is 5.32 Å². The van der Waals surface area contributed by atoms with E-state index >= 15 is 0 Å². The first-order valence-electron chi connectivity index (χ1n) is 6.82. The molecule has 0 spiro atoms. The van der Waals surface area contributed by atoms with Gasteiger partial charge in [-0.15, -0.1) is 0 Å². The van der Waals surface area contributed by atoms with Gasteiger partial charge in [0, 0.05) is 16.1 Å². The van der Waals surface area contributed by atoms with Gasteiger partial charge in [-0.2, -0.15) is 11.3 Å². The van der Waals surface area contributed by atoms with E-state index in [2.05, 4.69) is 29.9 Å². The van der Waals surface area contributed by atoms with E-state index in [1.54, 1.807) is 11.3 Å². The van der Waals surface area contributed by atoms with Gasteiger partial charge < -0.3 is 5.32 Å². The van der Waals surface area contributed by atoms with Crippen molar-refractivity contribution in [2.75, 3.05) is 6.54 Å². The number of aryl methyl sites for hydroxylation is 1. The number of halogens is 2. The van der Waals surface area contributed by atoms with Gasteiger partial charge in [-0.05, 0) is 65.9 Å². The van der Waals surface area contributed by atoms with Crippen molar-refractivity contribution < 1.29 is 0 Å². The molecule has 1 nitrogen and oxygen atoms in total. The second-order valence-corrected chi connectivity index (χ2v) is 6.48. The van der Waals surface area contributed by atoms with E-state index in [0.29, 0.717) is 0 Å². The van der Waals surface area contributed by atoms with Crippen molar-refractivity contribution in [3.8, 4) is 0 Å². The van der Waals surface area contributed by atoms with E-state index in [1.807, 2.05) is 18.2 Å². The van der Waals surface area contributed by atoms with Crippen molar-refractivity contribution in [2.45, 2.75) is 32.7 Å². The van der Waals surface area contributed by atoms with Gasteiger partial charge in [0.25, 0.3) is 0 Å². The van der Waals surface area contributed by atoms with Crippen LogP contribution in [0.5, 0.6) is 0 Å². The monoisotopic (exact) mass is 327 g/mol. The summed E-state index contributed by atoms with van der Waals surface area (Å²) < 4.78 is 0. The molecule has 1 atom stereocenters. The van der Waals surface area contributed by atoms with Crippen LogP contribution in [-0.4, -0.2) is 6.54 Å². The summed E-state index contributed by atoms with van der Waals surface area (Å²) in [5, 5.41) is 9.49. The molecule has 0 aliphatic rings. The fourth-order valence-electron chi connectivity index (χ4n) is 2.27. The average molecular weight is 328 g/mol. The maximum Gasteiger partial charge on any atom is 0.0453 e. The minimum atomic E-state index is 0.263. The second-order valence-electron chi connectivity index (χ2n) is 4.92. The molecule has 2 rings (SSSR count). The topological polar surface area (TPSA) is 12.0 Å². The molecule has 1 aromatic carbocycles. The van der Waals surface area contributed by atoms with Crippen molar-refractivity contribution in [2.24, 2.45) is 0 Å². The number of rotatable bonds is 6. The van der Waals surface area contributed by atoms with E-state index in [-0.39, 0.29) is 6.04 Å². The molecule has 0 aliphatic heterocycles. The molecular weight excluding hydrogens is 309 g/mol. The van der Waals surface area contributed by atoms with Crippen LogP contribution in [0.15, 0.2) is 29.0 Å². The lowest BCUT2D eigenvalue weighted by atomic mass is 9.98.